The fraction of sp³-hybridized carbons (Fsp3) is 0.400. The molecule has 2 aromatic rings. The number of urea groups is 1. The Labute approximate surface area is 151 Å². The lowest BCUT2D eigenvalue weighted by molar-refractivity contribution is -0.137. The second-order valence-corrected chi connectivity index (χ2v) is 5.60. The number of ether oxygens (including phenoxy) is 1. The standard InChI is InChI=1S/C15H17F3N6O3/c1-9(8-27-2)19-14(26)20-12(25)7-24-22-13(21-23-24)10-4-3-5-11(6-10)15(16,17)18/h3-6,9H,7-8H2,1-2H3,(H2,19,20,25,26)/t9-/m0/s1. The zero-order valence-electron chi connectivity index (χ0n) is 14.4. The van der Waals surface area contributed by atoms with Crippen LogP contribution < -0.4 is 10.6 Å². The summed E-state index contributed by atoms with van der Waals surface area (Å²) in [5.74, 6) is -0.794. The Kier molecular flexibility index (Phi) is 6.45. The molecule has 1 aromatic heterocycles. The lowest BCUT2D eigenvalue weighted by Gasteiger charge is -2.12. The highest BCUT2D eigenvalue weighted by atomic mass is 19.4. The molecule has 0 aliphatic rings. The number of nitrogens with zero attached hydrogens (tertiary/aromatic N) is 4. The molecule has 9 nitrogen and oxygen atoms in total. The van der Waals surface area contributed by atoms with E-state index in [0.717, 1.165) is 16.9 Å². The SMILES string of the molecule is COC[C@H](C)NC(=O)NC(=O)Cn1nnc(-c2cccc(C(F)(F)F)c2)n1. The van der Waals surface area contributed by atoms with Gasteiger partial charge in [-0.2, -0.15) is 18.0 Å². The van der Waals surface area contributed by atoms with Crippen LogP contribution in [0, 0.1) is 0 Å². The number of hydrogen-bond donors (Lipinski definition) is 2. The van der Waals surface area contributed by atoms with Crippen LogP contribution in [0.4, 0.5) is 18.0 Å². The molecule has 2 rings (SSSR count). The highest BCUT2D eigenvalue weighted by Gasteiger charge is 2.30. The van der Waals surface area contributed by atoms with E-state index in [9.17, 15) is 22.8 Å². The molecule has 27 heavy (non-hydrogen) atoms. The van der Waals surface area contributed by atoms with Crippen molar-refractivity contribution in [2.45, 2.75) is 25.7 Å². The van der Waals surface area contributed by atoms with Crippen LogP contribution in [0.2, 0.25) is 0 Å². The predicted molar refractivity (Wildman–Crippen MR) is 86.3 cm³/mol. The van der Waals surface area contributed by atoms with Gasteiger partial charge in [-0.3, -0.25) is 10.1 Å². The zero-order chi connectivity index (χ0) is 20.0. The van der Waals surface area contributed by atoms with Crippen molar-refractivity contribution in [1.29, 1.82) is 0 Å². The predicted octanol–water partition coefficient (Wildman–Crippen LogP) is 1.22. The number of carbonyl (C=O) groups is 2. The van der Waals surface area contributed by atoms with Gasteiger partial charge in [0.25, 0.3) is 5.91 Å². The fourth-order valence-corrected chi connectivity index (χ4v) is 2.11. The maximum Gasteiger partial charge on any atom is 0.416 e. The summed E-state index contributed by atoms with van der Waals surface area (Å²) >= 11 is 0. The zero-order valence-corrected chi connectivity index (χ0v) is 14.4. The molecule has 0 aliphatic heterocycles. The van der Waals surface area contributed by atoms with E-state index in [2.05, 4.69) is 26.0 Å². The number of aromatic nitrogens is 4. The average Bonchev–Trinajstić information content (AvgIpc) is 3.02. The first-order valence-electron chi connectivity index (χ1n) is 7.73. The Balaban J connectivity index is 1.98. The molecule has 0 unspecified atom stereocenters. The summed E-state index contributed by atoms with van der Waals surface area (Å²) in [6.07, 6.45) is -4.50. The van der Waals surface area contributed by atoms with Gasteiger partial charge in [-0.1, -0.05) is 12.1 Å². The van der Waals surface area contributed by atoms with Crippen molar-refractivity contribution in [3.63, 3.8) is 0 Å². The Morgan fingerprint density at radius 2 is 2.07 bits per heavy atom. The number of rotatable bonds is 6. The molecule has 0 fully saturated rings. The van der Waals surface area contributed by atoms with Crippen LogP contribution in [0.3, 0.4) is 0 Å². The van der Waals surface area contributed by atoms with Gasteiger partial charge in [0, 0.05) is 12.7 Å². The van der Waals surface area contributed by atoms with Crippen LogP contribution in [-0.2, 0) is 22.3 Å². The van der Waals surface area contributed by atoms with Gasteiger partial charge in [0.1, 0.15) is 6.54 Å². The minimum atomic E-state index is -4.50. The van der Waals surface area contributed by atoms with E-state index < -0.39 is 30.2 Å². The lowest BCUT2D eigenvalue weighted by atomic mass is 10.1. The summed E-state index contributed by atoms with van der Waals surface area (Å²) in [5, 5.41) is 15.6. The molecule has 146 valence electrons. The van der Waals surface area contributed by atoms with E-state index in [4.69, 9.17) is 4.74 Å². The third kappa shape index (κ3) is 6.02. The highest BCUT2D eigenvalue weighted by molar-refractivity contribution is 5.94. The Hall–Kier alpha value is -3.02. The maximum absolute atomic E-state index is 12.8. The molecule has 3 amide bonds. The molecule has 1 heterocycles. The molecule has 0 radical (unpaired) electrons. The largest absolute Gasteiger partial charge is 0.416 e. The normalized spacial score (nSPS) is 12.5. The minimum Gasteiger partial charge on any atom is -0.383 e. The van der Waals surface area contributed by atoms with Crippen molar-refractivity contribution in [2.24, 2.45) is 0 Å². The average molecular weight is 386 g/mol. The van der Waals surface area contributed by atoms with E-state index >= 15 is 0 Å². The van der Waals surface area contributed by atoms with Gasteiger partial charge >= 0.3 is 12.2 Å². The van der Waals surface area contributed by atoms with Gasteiger partial charge in [-0.25, -0.2) is 4.79 Å². The topological polar surface area (TPSA) is 111 Å². The number of nitrogens with one attached hydrogen (secondary N) is 2. The summed E-state index contributed by atoms with van der Waals surface area (Å²) in [4.78, 5) is 24.3. The molecule has 2 N–H and O–H groups in total. The van der Waals surface area contributed by atoms with E-state index in [1.165, 1.54) is 19.2 Å². The molecular formula is C15H17F3N6O3. The van der Waals surface area contributed by atoms with Crippen LogP contribution >= 0.6 is 0 Å². The number of imide groups is 1. The van der Waals surface area contributed by atoms with Crippen molar-refractivity contribution < 1.29 is 27.5 Å². The van der Waals surface area contributed by atoms with E-state index in [0.29, 0.717) is 0 Å². The number of hydrogen-bond acceptors (Lipinski definition) is 6. The first kappa shape index (κ1) is 20.3. The summed E-state index contributed by atoms with van der Waals surface area (Å²) in [7, 11) is 1.47. The number of methoxy groups -OCH3 is 1. The van der Waals surface area contributed by atoms with Crippen LogP contribution in [0.1, 0.15) is 12.5 Å². The van der Waals surface area contributed by atoms with Crippen molar-refractivity contribution in [2.75, 3.05) is 13.7 Å². The van der Waals surface area contributed by atoms with Crippen molar-refractivity contribution in [1.82, 2.24) is 30.8 Å². The molecule has 0 spiro atoms. The van der Waals surface area contributed by atoms with Gasteiger partial charge in [-0.15, -0.1) is 10.2 Å². The molecule has 0 saturated heterocycles. The summed E-state index contributed by atoms with van der Waals surface area (Å²) in [5.41, 5.74) is -0.751. The second kappa shape index (κ2) is 8.58. The number of benzene rings is 1. The van der Waals surface area contributed by atoms with E-state index in [-0.39, 0.29) is 24.0 Å². The molecule has 1 aromatic carbocycles. The highest BCUT2D eigenvalue weighted by Crippen LogP contribution is 2.31. The van der Waals surface area contributed by atoms with Crippen molar-refractivity contribution in [3.8, 4) is 11.4 Å². The lowest BCUT2D eigenvalue weighted by Crippen LogP contribution is -2.46. The Bertz CT molecular complexity index is 808. The smallest absolute Gasteiger partial charge is 0.383 e. The molecular weight excluding hydrogens is 369 g/mol. The molecule has 1 atom stereocenters. The maximum atomic E-state index is 12.8. The van der Waals surface area contributed by atoms with Gasteiger partial charge in [0.05, 0.1) is 18.2 Å². The second-order valence-electron chi connectivity index (χ2n) is 5.60. The van der Waals surface area contributed by atoms with E-state index in [1.54, 1.807) is 6.92 Å². The van der Waals surface area contributed by atoms with Crippen LogP contribution in [0.15, 0.2) is 24.3 Å². The van der Waals surface area contributed by atoms with Gasteiger partial charge in [-0.05, 0) is 24.3 Å². The first-order valence-corrected chi connectivity index (χ1v) is 7.73. The Morgan fingerprint density at radius 1 is 1.33 bits per heavy atom. The number of amides is 3. The molecule has 0 aliphatic carbocycles. The molecule has 0 bridgehead atoms. The number of alkyl halides is 3. The molecule has 12 heteroatoms. The van der Waals surface area contributed by atoms with Crippen molar-refractivity contribution >= 4 is 11.9 Å². The minimum absolute atomic E-state index is 0.0768. The van der Waals surface area contributed by atoms with Gasteiger partial charge in [0.15, 0.2) is 0 Å². The van der Waals surface area contributed by atoms with E-state index in [1.807, 2.05) is 0 Å². The van der Waals surface area contributed by atoms with Gasteiger partial charge in [0.2, 0.25) is 5.82 Å². The van der Waals surface area contributed by atoms with Gasteiger partial charge < -0.3 is 10.1 Å². The number of tetrazole rings is 1. The monoisotopic (exact) mass is 386 g/mol. The quantitative estimate of drug-likeness (QED) is 0.772. The molecule has 0 saturated carbocycles. The van der Waals surface area contributed by atoms with Crippen molar-refractivity contribution in [3.05, 3.63) is 29.8 Å². The first-order chi connectivity index (χ1) is 12.7. The number of halogens is 3. The summed E-state index contributed by atoms with van der Waals surface area (Å²) in [6.45, 7) is 1.53. The third-order valence-electron chi connectivity index (χ3n) is 3.23. The van der Waals surface area contributed by atoms with Crippen LogP contribution in [0.5, 0.6) is 0 Å². The fourth-order valence-electron chi connectivity index (χ4n) is 2.11. The summed E-state index contributed by atoms with van der Waals surface area (Å²) < 4.78 is 43.1. The Morgan fingerprint density at radius 3 is 2.74 bits per heavy atom. The van der Waals surface area contributed by atoms with Crippen LogP contribution in [-0.4, -0.2) is 51.9 Å². The third-order valence-corrected chi connectivity index (χ3v) is 3.23. The summed E-state index contributed by atoms with van der Waals surface area (Å²) in [6, 6.07) is 3.39. The number of carbonyl (C=O) groups excluding carboxylic acids is 2. The van der Waals surface area contributed by atoms with Crippen LogP contribution in [0.25, 0.3) is 11.4 Å².